The van der Waals surface area contributed by atoms with Crippen molar-refractivity contribution in [2.45, 2.75) is 47.7 Å². The maximum atomic E-state index is 13.2. The highest BCUT2D eigenvalue weighted by atomic mass is 16.1. The Labute approximate surface area is 188 Å². The first-order valence-corrected chi connectivity index (χ1v) is 11.0. The summed E-state index contributed by atoms with van der Waals surface area (Å²) in [5.74, 6) is 0.153. The van der Waals surface area contributed by atoms with E-state index in [9.17, 15) is 4.79 Å². The van der Waals surface area contributed by atoms with Gasteiger partial charge in [0.1, 0.15) is 0 Å². The van der Waals surface area contributed by atoms with Gasteiger partial charge in [-0.05, 0) is 51.3 Å². The highest BCUT2D eigenvalue weighted by Gasteiger charge is 2.19. The van der Waals surface area contributed by atoms with E-state index >= 15 is 0 Å². The van der Waals surface area contributed by atoms with E-state index in [1.54, 1.807) is 0 Å². The molecule has 0 saturated carbocycles. The first kappa shape index (κ1) is 21.7. The Hall–Kier alpha value is -3.48. The number of fused-ring (bicyclic) bond motifs is 1. The Morgan fingerprint density at radius 2 is 1.75 bits per heavy atom. The lowest BCUT2D eigenvalue weighted by Crippen LogP contribution is -2.30. The summed E-state index contributed by atoms with van der Waals surface area (Å²) in [4.78, 5) is 17.9. The Bertz CT molecular complexity index is 1250. The second-order valence-corrected chi connectivity index (χ2v) is 8.66. The molecule has 3 heterocycles. The molecule has 0 unspecified atom stereocenters. The van der Waals surface area contributed by atoms with Gasteiger partial charge < -0.3 is 5.32 Å². The van der Waals surface area contributed by atoms with Crippen molar-refractivity contribution in [2.24, 2.45) is 5.92 Å². The van der Waals surface area contributed by atoms with Crippen molar-refractivity contribution in [2.75, 3.05) is 6.54 Å². The molecular formula is C25H30N6O. The van der Waals surface area contributed by atoms with Gasteiger partial charge in [-0.15, -0.1) is 0 Å². The molecule has 0 radical (unpaired) electrons. The molecule has 0 bridgehead atoms. The van der Waals surface area contributed by atoms with Crippen LogP contribution < -0.4 is 5.32 Å². The van der Waals surface area contributed by atoms with Crippen LogP contribution in [-0.2, 0) is 13.1 Å². The molecule has 0 aliphatic carbocycles. The van der Waals surface area contributed by atoms with E-state index in [-0.39, 0.29) is 11.8 Å². The van der Waals surface area contributed by atoms with Crippen LogP contribution in [0, 0.1) is 33.6 Å². The lowest BCUT2D eigenvalue weighted by atomic mass is 10.1. The average Bonchev–Trinajstić information content (AvgIpc) is 3.23. The first-order chi connectivity index (χ1) is 15.3. The molecule has 4 rings (SSSR count). The lowest BCUT2D eigenvalue weighted by molar-refractivity contribution is 0.0948. The summed E-state index contributed by atoms with van der Waals surface area (Å²) in [6.45, 7) is 12.0. The van der Waals surface area contributed by atoms with E-state index in [4.69, 9.17) is 10.1 Å². The Balaban J connectivity index is 1.54. The molecule has 7 heteroatoms. The SMILES string of the molecule is Cc1cc(C(=O)NC[C@H](C)Cn2nc(C)cc2C)c2c(C)nn(Cc3ccccc3)c2n1. The van der Waals surface area contributed by atoms with Crippen LogP contribution in [0.1, 0.15) is 45.6 Å². The van der Waals surface area contributed by atoms with Crippen LogP contribution in [0.25, 0.3) is 11.0 Å². The number of hydrogen-bond donors (Lipinski definition) is 1. The summed E-state index contributed by atoms with van der Waals surface area (Å²) in [5, 5.41) is 13.1. The normalized spacial score (nSPS) is 12.3. The highest BCUT2D eigenvalue weighted by molar-refractivity contribution is 6.06. The summed E-state index contributed by atoms with van der Waals surface area (Å²) in [6, 6.07) is 14.1. The lowest BCUT2D eigenvalue weighted by Gasteiger charge is -2.14. The van der Waals surface area contributed by atoms with Gasteiger partial charge in [0.15, 0.2) is 5.65 Å². The molecule has 1 amide bonds. The zero-order valence-corrected chi connectivity index (χ0v) is 19.4. The van der Waals surface area contributed by atoms with E-state index in [0.717, 1.165) is 45.9 Å². The Morgan fingerprint density at radius 1 is 1.00 bits per heavy atom. The predicted octanol–water partition coefficient (Wildman–Crippen LogP) is 3.98. The maximum Gasteiger partial charge on any atom is 0.252 e. The molecule has 1 atom stereocenters. The van der Waals surface area contributed by atoms with Crippen LogP contribution in [0.2, 0.25) is 0 Å². The van der Waals surface area contributed by atoms with Crippen molar-refractivity contribution in [3.8, 4) is 0 Å². The van der Waals surface area contributed by atoms with Gasteiger partial charge in [0, 0.05) is 24.5 Å². The van der Waals surface area contributed by atoms with Crippen molar-refractivity contribution in [1.82, 2.24) is 29.9 Å². The van der Waals surface area contributed by atoms with Crippen LogP contribution in [0.15, 0.2) is 42.5 Å². The molecule has 3 aromatic heterocycles. The van der Waals surface area contributed by atoms with Crippen molar-refractivity contribution in [1.29, 1.82) is 0 Å². The number of aromatic nitrogens is 5. The van der Waals surface area contributed by atoms with Crippen molar-refractivity contribution < 1.29 is 4.79 Å². The summed E-state index contributed by atoms with van der Waals surface area (Å²) >= 11 is 0. The minimum Gasteiger partial charge on any atom is -0.352 e. The maximum absolute atomic E-state index is 13.2. The molecule has 4 aromatic rings. The van der Waals surface area contributed by atoms with E-state index in [1.165, 1.54) is 0 Å². The molecular weight excluding hydrogens is 400 g/mol. The fourth-order valence-electron chi connectivity index (χ4n) is 4.11. The quantitative estimate of drug-likeness (QED) is 0.481. The second kappa shape index (κ2) is 8.94. The largest absolute Gasteiger partial charge is 0.352 e. The van der Waals surface area contributed by atoms with E-state index < -0.39 is 0 Å². The first-order valence-electron chi connectivity index (χ1n) is 11.0. The number of carbonyl (C=O) groups is 1. The van der Waals surface area contributed by atoms with Crippen molar-refractivity contribution in [3.63, 3.8) is 0 Å². The molecule has 166 valence electrons. The molecule has 1 aromatic carbocycles. The van der Waals surface area contributed by atoms with Crippen LogP contribution in [0.5, 0.6) is 0 Å². The molecule has 7 nitrogen and oxygen atoms in total. The van der Waals surface area contributed by atoms with E-state index in [1.807, 2.05) is 54.4 Å². The van der Waals surface area contributed by atoms with Crippen LogP contribution in [-0.4, -0.2) is 37.0 Å². The van der Waals surface area contributed by atoms with Gasteiger partial charge in [0.2, 0.25) is 0 Å². The third-order valence-electron chi connectivity index (χ3n) is 5.62. The Morgan fingerprint density at radius 3 is 2.44 bits per heavy atom. The van der Waals surface area contributed by atoms with Gasteiger partial charge in [0.05, 0.1) is 28.9 Å². The third kappa shape index (κ3) is 4.56. The van der Waals surface area contributed by atoms with Crippen LogP contribution in [0.3, 0.4) is 0 Å². The summed E-state index contributed by atoms with van der Waals surface area (Å²) in [5.41, 5.74) is 6.26. The number of pyridine rings is 1. The fourth-order valence-corrected chi connectivity index (χ4v) is 4.11. The molecule has 32 heavy (non-hydrogen) atoms. The van der Waals surface area contributed by atoms with Gasteiger partial charge in [0.25, 0.3) is 5.91 Å². The monoisotopic (exact) mass is 430 g/mol. The minimum absolute atomic E-state index is 0.0944. The molecule has 0 spiro atoms. The molecule has 0 fully saturated rings. The second-order valence-electron chi connectivity index (χ2n) is 8.66. The topological polar surface area (TPSA) is 77.6 Å². The Kier molecular flexibility index (Phi) is 6.08. The number of nitrogens with one attached hydrogen (secondary N) is 1. The molecule has 0 aliphatic heterocycles. The number of rotatable bonds is 7. The zero-order valence-electron chi connectivity index (χ0n) is 19.4. The van der Waals surface area contributed by atoms with Crippen LogP contribution >= 0.6 is 0 Å². The van der Waals surface area contributed by atoms with Crippen LogP contribution in [0.4, 0.5) is 0 Å². The van der Waals surface area contributed by atoms with Gasteiger partial charge >= 0.3 is 0 Å². The number of amides is 1. The number of hydrogen-bond acceptors (Lipinski definition) is 4. The van der Waals surface area contributed by atoms with E-state index in [2.05, 4.69) is 42.5 Å². The standard InChI is InChI=1S/C25H30N6O/c1-16(14-30-19(4)11-18(3)28-30)13-26-25(32)22-12-17(2)27-24-23(22)20(5)29-31(24)15-21-9-7-6-8-10-21/h6-12,16H,13-15H2,1-5H3,(H,26,32)/t16-/m0/s1. The van der Waals surface area contributed by atoms with Gasteiger partial charge in [-0.25, -0.2) is 9.67 Å². The molecule has 1 N–H and O–H groups in total. The summed E-state index contributed by atoms with van der Waals surface area (Å²) in [6.07, 6.45) is 0. The zero-order chi connectivity index (χ0) is 22.8. The smallest absolute Gasteiger partial charge is 0.252 e. The van der Waals surface area contributed by atoms with Crippen molar-refractivity contribution >= 4 is 16.9 Å². The third-order valence-corrected chi connectivity index (χ3v) is 5.62. The number of nitrogens with zero attached hydrogens (tertiary/aromatic N) is 5. The van der Waals surface area contributed by atoms with E-state index in [0.29, 0.717) is 18.7 Å². The van der Waals surface area contributed by atoms with Gasteiger partial charge in [-0.2, -0.15) is 10.2 Å². The highest BCUT2D eigenvalue weighted by Crippen LogP contribution is 2.23. The summed E-state index contributed by atoms with van der Waals surface area (Å²) in [7, 11) is 0. The number of benzene rings is 1. The minimum atomic E-state index is -0.0944. The van der Waals surface area contributed by atoms with Gasteiger partial charge in [-0.1, -0.05) is 37.3 Å². The van der Waals surface area contributed by atoms with Gasteiger partial charge in [-0.3, -0.25) is 9.48 Å². The fraction of sp³-hybridized carbons (Fsp3) is 0.360. The predicted molar refractivity (Wildman–Crippen MR) is 126 cm³/mol. The van der Waals surface area contributed by atoms with Crippen molar-refractivity contribution in [3.05, 3.63) is 76.4 Å². The molecule has 0 saturated heterocycles. The average molecular weight is 431 g/mol. The summed E-state index contributed by atoms with van der Waals surface area (Å²) < 4.78 is 3.88. The number of aryl methyl sites for hydroxylation is 4. The molecule has 0 aliphatic rings. The number of carbonyl (C=O) groups excluding carboxylic acids is 1.